The second-order valence-corrected chi connectivity index (χ2v) is 3.82. The van der Waals surface area contributed by atoms with E-state index in [2.05, 4.69) is 20.6 Å². The van der Waals surface area contributed by atoms with Crippen LogP contribution in [0.3, 0.4) is 0 Å². The Morgan fingerprint density at radius 3 is 2.67 bits per heavy atom. The third-order valence-electron chi connectivity index (χ3n) is 2.68. The summed E-state index contributed by atoms with van der Waals surface area (Å²) >= 11 is 0. The molecule has 7 heteroatoms. The third kappa shape index (κ3) is 2.03. The molecule has 2 rings (SSSR count). The lowest BCUT2D eigenvalue weighted by Gasteiger charge is -2.05. The maximum absolute atomic E-state index is 5.20. The first-order valence-electron chi connectivity index (χ1n) is 5.96. The normalized spacial score (nSPS) is 10.7. The van der Waals surface area contributed by atoms with Gasteiger partial charge in [-0.1, -0.05) is 0 Å². The summed E-state index contributed by atoms with van der Waals surface area (Å²) in [5, 5.41) is 15.9. The number of aromatic nitrogens is 5. The van der Waals surface area contributed by atoms with Gasteiger partial charge in [0.05, 0.1) is 7.11 Å². The number of ether oxygens (including phenoxy) is 1. The van der Waals surface area contributed by atoms with Crippen LogP contribution < -0.4 is 10.1 Å². The van der Waals surface area contributed by atoms with Crippen LogP contribution in [0.4, 0.5) is 5.95 Å². The summed E-state index contributed by atoms with van der Waals surface area (Å²) in [4.78, 5) is 0. The standard InChI is InChI=1S/C11H18N6O/c1-5-12-11-14-13-10(17(11)6-2)8-7-9(18-4)16(3)15-8/h7H,5-6H2,1-4H3,(H,12,14). The van der Waals surface area contributed by atoms with Gasteiger partial charge in [-0.25, -0.2) is 4.68 Å². The monoisotopic (exact) mass is 250 g/mol. The summed E-state index contributed by atoms with van der Waals surface area (Å²) in [5.41, 5.74) is 0.757. The highest BCUT2D eigenvalue weighted by atomic mass is 16.5. The molecule has 0 aliphatic rings. The fraction of sp³-hybridized carbons (Fsp3) is 0.545. The molecule has 1 N–H and O–H groups in total. The average Bonchev–Trinajstić information content (AvgIpc) is 2.92. The number of rotatable bonds is 5. The molecule has 0 amide bonds. The summed E-state index contributed by atoms with van der Waals surface area (Å²) in [5.74, 6) is 2.20. The van der Waals surface area contributed by atoms with Crippen LogP contribution in [0.25, 0.3) is 11.5 Å². The van der Waals surface area contributed by atoms with Gasteiger partial charge in [0.25, 0.3) is 0 Å². The van der Waals surface area contributed by atoms with Crippen LogP contribution in [0.2, 0.25) is 0 Å². The second-order valence-electron chi connectivity index (χ2n) is 3.82. The highest BCUT2D eigenvalue weighted by Gasteiger charge is 2.16. The zero-order chi connectivity index (χ0) is 13.1. The van der Waals surface area contributed by atoms with E-state index in [1.54, 1.807) is 11.8 Å². The molecule has 2 aromatic rings. The first-order chi connectivity index (χ1) is 8.71. The lowest BCUT2D eigenvalue weighted by molar-refractivity contribution is 0.373. The van der Waals surface area contributed by atoms with Gasteiger partial charge >= 0.3 is 0 Å². The lowest BCUT2D eigenvalue weighted by Crippen LogP contribution is -2.07. The van der Waals surface area contributed by atoms with Crippen LogP contribution in [0.1, 0.15) is 13.8 Å². The fourth-order valence-corrected chi connectivity index (χ4v) is 1.83. The van der Waals surface area contributed by atoms with Gasteiger partial charge in [-0.15, -0.1) is 10.2 Å². The Kier molecular flexibility index (Phi) is 3.50. The number of anilines is 1. The van der Waals surface area contributed by atoms with Crippen LogP contribution in [0.5, 0.6) is 5.88 Å². The summed E-state index contributed by atoms with van der Waals surface area (Å²) in [6.07, 6.45) is 0. The van der Waals surface area contributed by atoms with Gasteiger partial charge in [0.1, 0.15) is 5.69 Å². The molecule has 0 atom stereocenters. The molecule has 0 aromatic carbocycles. The van der Waals surface area contributed by atoms with Crippen LogP contribution in [-0.2, 0) is 13.6 Å². The van der Waals surface area contributed by atoms with Crippen LogP contribution >= 0.6 is 0 Å². The molecule has 2 heterocycles. The molecule has 0 spiro atoms. The van der Waals surface area contributed by atoms with Crippen molar-refractivity contribution in [3.8, 4) is 17.4 Å². The Labute approximate surface area is 106 Å². The molecular formula is C11H18N6O. The van der Waals surface area contributed by atoms with Gasteiger partial charge in [-0.2, -0.15) is 5.10 Å². The van der Waals surface area contributed by atoms with Crippen LogP contribution in [0, 0.1) is 0 Å². The lowest BCUT2D eigenvalue weighted by atomic mass is 10.4. The maximum Gasteiger partial charge on any atom is 0.224 e. The molecule has 0 aliphatic carbocycles. The van der Waals surface area contributed by atoms with Crippen molar-refractivity contribution in [1.29, 1.82) is 0 Å². The van der Waals surface area contributed by atoms with Gasteiger partial charge in [0, 0.05) is 26.2 Å². The van der Waals surface area contributed by atoms with Gasteiger partial charge < -0.3 is 10.1 Å². The first kappa shape index (κ1) is 12.4. The van der Waals surface area contributed by atoms with E-state index in [4.69, 9.17) is 4.74 Å². The van der Waals surface area contributed by atoms with Crippen molar-refractivity contribution in [3.05, 3.63) is 6.07 Å². The molecular weight excluding hydrogens is 232 g/mol. The first-order valence-corrected chi connectivity index (χ1v) is 5.96. The van der Waals surface area contributed by atoms with E-state index in [0.717, 1.165) is 30.6 Å². The Hall–Kier alpha value is -2.05. The van der Waals surface area contributed by atoms with Crippen LogP contribution in [0.15, 0.2) is 6.07 Å². The topological polar surface area (TPSA) is 69.8 Å². The Morgan fingerprint density at radius 2 is 2.11 bits per heavy atom. The summed E-state index contributed by atoms with van der Waals surface area (Å²) in [6.45, 7) is 5.67. The number of hydrogen-bond acceptors (Lipinski definition) is 5. The molecule has 7 nitrogen and oxygen atoms in total. The predicted octanol–water partition coefficient (Wildman–Crippen LogP) is 1.14. The number of methoxy groups -OCH3 is 1. The molecule has 18 heavy (non-hydrogen) atoms. The zero-order valence-corrected chi connectivity index (χ0v) is 11.1. The third-order valence-corrected chi connectivity index (χ3v) is 2.68. The highest BCUT2D eigenvalue weighted by Crippen LogP contribution is 2.23. The molecule has 0 unspecified atom stereocenters. The van der Waals surface area contributed by atoms with Crippen LogP contribution in [-0.4, -0.2) is 38.2 Å². The van der Waals surface area contributed by atoms with Crippen molar-refractivity contribution in [3.63, 3.8) is 0 Å². The smallest absolute Gasteiger partial charge is 0.224 e. The highest BCUT2D eigenvalue weighted by molar-refractivity contribution is 5.54. The minimum Gasteiger partial charge on any atom is -0.481 e. The van der Waals surface area contributed by atoms with Gasteiger partial charge in [0.15, 0.2) is 5.82 Å². The molecule has 0 radical (unpaired) electrons. The van der Waals surface area contributed by atoms with E-state index < -0.39 is 0 Å². The van der Waals surface area contributed by atoms with E-state index in [0.29, 0.717) is 5.88 Å². The Balaban J connectivity index is 2.43. The van der Waals surface area contributed by atoms with E-state index in [1.807, 2.05) is 31.5 Å². The largest absolute Gasteiger partial charge is 0.481 e. The van der Waals surface area contributed by atoms with Gasteiger partial charge in [-0.3, -0.25) is 4.57 Å². The van der Waals surface area contributed by atoms with Crippen molar-refractivity contribution < 1.29 is 4.74 Å². The van der Waals surface area contributed by atoms with Gasteiger partial charge in [-0.05, 0) is 13.8 Å². The summed E-state index contributed by atoms with van der Waals surface area (Å²) in [7, 11) is 3.45. The maximum atomic E-state index is 5.20. The predicted molar refractivity (Wildman–Crippen MR) is 68.6 cm³/mol. The van der Waals surface area contributed by atoms with E-state index in [9.17, 15) is 0 Å². The molecule has 0 aliphatic heterocycles. The second kappa shape index (κ2) is 5.07. The van der Waals surface area contributed by atoms with Crippen molar-refractivity contribution in [1.82, 2.24) is 24.5 Å². The zero-order valence-electron chi connectivity index (χ0n) is 11.1. The SMILES string of the molecule is CCNc1nnc(-c2cc(OC)n(C)n2)n1CC. The summed E-state index contributed by atoms with van der Waals surface area (Å²) < 4.78 is 8.87. The molecule has 0 bridgehead atoms. The Bertz CT molecular complexity index is 530. The number of nitrogens with one attached hydrogen (secondary N) is 1. The number of hydrogen-bond donors (Lipinski definition) is 1. The van der Waals surface area contributed by atoms with Crippen molar-refractivity contribution in [2.45, 2.75) is 20.4 Å². The average molecular weight is 250 g/mol. The molecule has 2 aromatic heterocycles. The molecule has 0 saturated heterocycles. The summed E-state index contributed by atoms with van der Waals surface area (Å²) in [6, 6.07) is 1.85. The van der Waals surface area contributed by atoms with Gasteiger partial charge in [0.2, 0.25) is 11.8 Å². The quantitative estimate of drug-likeness (QED) is 0.861. The van der Waals surface area contributed by atoms with E-state index in [1.165, 1.54) is 0 Å². The fourth-order valence-electron chi connectivity index (χ4n) is 1.83. The number of aryl methyl sites for hydroxylation is 1. The molecule has 98 valence electrons. The molecule has 0 fully saturated rings. The minimum atomic E-state index is 0.695. The minimum absolute atomic E-state index is 0.695. The Morgan fingerprint density at radius 1 is 1.33 bits per heavy atom. The van der Waals surface area contributed by atoms with Crippen molar-refractivity contribution in [2.75, 3.05) is 19.0 Å². The molecule has 0 saturated carbocycles. The van der Waals surface area contributed by atoms with Crippen molar-refractivity contribution >= 4 is 5.95 Å². The van der Waals surface area contributed by atoms with Crippen molar-refractivity contribution in [2.24, 2.45) is 7.05 Å². The van der Waals surface area contributed by atoms with E-state index >= 15 is 0 Å². The number of nitrogens with zero attached hydrogens (tertiary/aromatic N) is 5. The van der Waals surface area contributed by atoms with E-state index in [-0.39, 0.29) is 0 Å².